The van der Waals surface area contributed by atoms with E-state index in [4.69, 9.17) is 0 Å². The molecule has 2 aromatic rings. The Morgan fingerprint density at radius 2 is 1.82 bits per heavy atom. The molecule has 22 heavy (non-hydrogen) atoms. The van der Waals surface area contributed by atoms with E-state index >= 15 is 0 Å². The van der Waals surface area contributed by atoms with Crippen molar-refractivity contribution < 1.29 is 0 Å². The highest BCUT2D eigenvalue weighted by Crippen LogP contribution is 2.37. The van der Waals surface area contributed by atoms with Crippen LogP contribution in [0.15, 0.2) is 44.7 Å². The summed E-state index contributed by atoms with van der Waals surface area (Å²) < 4.78 is 2.31. The van der Waals surface area contributed by atoms with Crippen LogP contribution < -0.4 is 5.32 Å². The van der Waals surface area contributed by atoms with Gasteiger partial charge >= 0.3 is 0 Å². The third-order valence-electron chi connectivity index (χ3n) is 3.58. The number of thiophene rings is 1. The standard InChI is InChI=1S/C15H16Br2N2S.2ClH/c16-11-3-4-13(17)12(10-11)15(14-2-1-9-20-14)19-7-5-18-6-8-19;;/h1-4,9-10,15,18H,5-8H2;2*1H/t15-;;/m0../s1. The Kier molecular flexibility index (Phi) is 8.93. The second-order valence-electron chi connectivity index (χ2n) is 4.87. The molecule has 0 spiro atoms. The van der Waals surface area contributed by atoms with Crippen molar-refractivity contribution in [3.63, 3.8) is 0 Å². The third kappa shape index (κ3) is 4.69. The normalized spacial score (nSPS) is 16.5. The van der Waals surface area contributed by atoms with Gasteiger partial charge in [-0.2, -0.15) is 0 Å². The molecular formula is C15H18Br2Cl2N2S. The first-order valence-corrected chi connectivity index (χ1v) is 9.15. The van der Waals surface area contributed by atoms with Gasteiger partial charge in [-0.05, 0) is 35.2 Å². The SMILES string of the molecule is Brc1ccc(Br)c([C@@H](c2cccs2)N2CCNCC2)c1.Cl.Cl. The smallest absolute Gasteiger partial charge is 0.0708 e. The fourth-order valence-corrected chi connectivity index (χ4v) is 4.36. The predicted molar refractivity (Wildman–Crippen MR) is 107 cm³/mol. The summed E-state index contributed by atoms with van der Waals surface area (Å²) in [6.45, 7) is 4.30. The zero-order chi connectivity index (χ0) is 13.9. The zero-order valence-electron chi connectivity index (χ0n) is 11.8. The van der Waals surface area contributed by atoms with Gasteiger partial charge in [0.25, 0.3) is 0 Å². The Balaban J connectivity index is 0.00000121. The molecule has 1 atom stereocenters. The van der Waals surface area contributed by atoms with Gasteiger partial charge in [-0.1, -0.05) is 37.9 Å². The molecule has 1 aliphatic heterocycles. The number of hydrogen-bond donors (Lipinski definition) is 1. The highest BCUT2D eigenvalue weighted by molar-refractivity contribution is 9.11. The molecule has 1 aromatic carbocycles. The van der Waals surface area contributed by atoms with Crippen molar-refractivity contribution in [3.8, 4) is 0 Å². The summed E-state index contributed by atoms with van der Waals surface area (Å²) in [6.07, 6.45) is 0. The second-order valence-corrected chi connectivity index (χ2v) is 7.62. The van der Waals surface area contributed by atoms with E-state index in [-0.39, 0.29) is 24.8 Å². The number of piperazine rings is 1. The maximum Gasteiger partial charge on any atom is 0.0708 e. The monoisotopic (exact) mass is 486 g/mol. The van der Waals surface area contributed by atoms with Crippen molar-refractivity contribution in [1.82, 2.24) is 10.2 Å². The lowest BCUT2D eigenvalue weighted by Gasteiger charge is -2.35. The van der Waals surface area contributed by atoms with Crippen LogP contribution in [0.4, 0.5) is 0 Å². The van der Waals surface area contributed by atoms with Crippen LogP contribution in [0.2, 0.25) is 0 Å². The van der Waals surface area contributed by atoms with Crippen molar-refractivity contribution in [2.75, 3.05) is 26.2 Å². The fourth-order valence-electron chi connectivity index (χ4n) is 2.64. The van der Waals surface area contributed by atoms with Crippen LogP contribution in [0, 0.1) is 0 Å². The highest BCUT2D eigenvalue weighted by atomic mass is 79.9. The summed E-state index contributed by atoms with van der Waals surface area (Å²) in [5.74, 6) is 0. The van der Waals surface area contributed by atoms with Gasteiger partial charge in [0.1, 0.15) is 0 Å². The van der Waals surface area contributed by atoms with Crippen LogP contribution in [0.25, 0.3) is 0 Å². The second kappa shape index (κ2) is 9.62. The molecule has 0 bridgehead atoms. The molecule has 2 nitrogen and oxygen atoms in total. The Bertz CT molecular complexity index is 575. The topological polar surface area (TPSA) is 15.3 Å². The maximum absolute atomic E-state index is 3.72. The Hall–Kier alpha value is 0.380. The van der Waals surface area contributed by atoms with Gasteiger partial charge in [-0.15, -0.1) is 36.2 Å². The molecular weight excluding hydrogens is 471 g/mol. The van der Waals surface area contributed by atoms with E-state index in [1.165, 1.54) is 14.9 Å². The van der Waals surface area contributed by atoms with Crippen LogP contribution in [0.3, 0.4) is 0 Å². The quantitative estimate of drug-likeness (QED) is 0.645. The molecule has 0 radical (unpaired) electrons. The van der Waals surface area contributed by atoms with Gasteiger partial charge < -0.3 is 5.32 Å². The van der Waals surface area contributed by atoms with E-state index in [0.717, 1.165) is 30.7 Å². The van der Waals surface area contributed by atoms with Crippen LogP contribution >= 0.6 is 68.0 Å². The van der Waals surface area contributed by atoms with Crippen molar-refractivity contribution in [1.29, 1.82) is 0 Å². The predicted octanol–water partition coefficient (Wildman–Crippen LogP) is 5.11. The molecule has 1 aliphatic rings. The highest BCUT2D eigenvalue weighted by Gasteiger charge is 2.26. The van der Waals surface area contributed by atoms with Gasteiger partial charge in [-0.3, -0.25) is 4.90 Å². The minimum absolute atomic E-state index is 0. The molecule has 0 saturated carbocycles. The summed E-state index contributed by atoms with van der Waals surface area (Å²) in [5, 5.41) is 5.60. The Labute approximate surface area is 164 Å². The summed E-state index contributed by atoms with van der Waals surface area (Å²) in [6, 6.07) is 11.2. The molecule has 7 heteroatoms. The first kappa shape index (κ1) is 20.4. The van der Waals surface area contributed by atoms with E-state index in [9.17, 15) is 0 Å². The summed E-state index contributed by atoms with van der Waals surface area (Å²) >= 11 is 9.16. The maximum atomic E-state index is 3.72. The van der Waals surface area contributed by atoms with Gasteiger partial charge in [0.2, 0.25) is 0 Å². The lowest BCUT2D eigenvalue weighted by atomic mass is 10.0. The number of hydrogen-bond acceptors (Lipinski definition) is 3. The molecule has 1 fully saturated rings. The summed E-state index contributed by atoms with van der Waals surface area (Å²) in [7, 11) is 0. The first-order chi connectivity index (χ1) is 9.75. The number of nitrogens with zero attached hydrogens (tertiary/aromatic N) is 1. The minimum atomic E-state index is 0. The Morgan fingerprint density at radius 3 is 2.45 bits per heavy atom. The lowest BCUT2D eigenvalue weighted by molar-refractivity contribution is 0.200. The molecule has 3 rings (SSSR count). The van der Waals surface area contributed by atoms with E-state index in [0.29, 0.717) is 6.04 Å². The summed E-state index contributed by atoms with van der Waals surface area (Å²) in [5.41, 5.74) is 1.34. The molecule has 122 valence electrons. The number of rotatable bonds is 3. The Morgan fingerprint density at radius 1 is 1.09 bits per heavy atom. The molecule has 0 aliphatic carbocycles. The van der Waals surface area contributed by atoms with Crippen LogP contribution in [0.5, 0.6) is 0 Å². The van der Waals surface area contributed by atoms with E-state index < -0.39 is 0 Å². The first-order valence-electron chi connectivity index (χ1n) is 6.69. The fraction of sp³-hybridized carbons (Fsp3) is 0.333. The van der Waals surface area contributed by atoms with Gasteiger partial charge in [0.05, 0.1) is 6.04 Å². The average molecular weight is 489 g/mol. The van der Waals surface area contributed by atoms with E-state index in [1.54, 1.807) is 0 Å². The number of benzene rings is 1. The van der Waals surface area contributed by atoms with Crippen molar-refractivity contribution in [2.45, 2.75) is 6.04 Å². The molecule has 1 N–H and O–H groups in total. The molecule has 2 heterocycles. The molecule has 0 amide bonds. The molecule has 0 unspecified atom stereocenters. The van der Waals surface area contributed by atoms with E-state index in [1.807, 2.05) is 11.3 Å². The molecule has 1 saturated heterocycles. The summed E-state index contributed by atoms with van der Waals surface area (Å²) in [4.78, 5) is 3.97. The third-order valence-corrected chi connectivity index (χ3v) is 5.72. The number of halogens is 4. The van der Waals surface area contributed by atoms with Crippen LogP contribution in [-0.4, -0.2) is 31.1 Å². The van der Waals surface area contributed by atoms with Crippen molar-refractivity contribution >= 4 is 68.0 Å². The largest absolute Gasteiger partial charge is 0.314 e. The average Bonchev–Trinajstić information content (AvgIpc) is 2.98. The van der Waals surface area contributed by atoms with Gasteiger partial charge in [-0.25, -0.2) is 0 Å². The molecule has 1 aromatic heterocycles. The van der Waals surface area contributed by atoms with Crippen molar-refractivity contribution in [2.24, 2.45) is 0 Å². The minimum Gasteiger partial charge on any atom is -0.314 e. The van der Waals surface area contributed by atoms with Gasteiger partial charge in [0.15, 0.2) is 0 Å². The van der Waals surface area contributed by atoms with Crippen LogP contribution in [0.1, 0.15) is 16.5 Å². The van der Waals surface area contributed by atoms with E-state index in [2.05, 4.69) is 77.8 Å². The van der Waals surface area contributed by atoms with Crippen molar-refractivity contribution in [3.05, 3.63) is 55.1 Å². The zero-order valence-corrected chi connectivity index (χ0v) is 17.4. The number of nitrogens with one attached hydrogen (secondary N) is 1. The van der Waals surface area contributed by atoms with Crippen LogP contribution in [-0.2, 0) is 0 Å². The van der Waals surface area contributed by atoms with Gasteiger partial charge in [0, 0.05) is 40.0 Å². The lowest BCUT2D eigenvalue weighted by Crippen LogP contribution is -2.45.